The number of aliphatic hydroxyl groups is 1. The lowest BCUT2D eigenvalue weighted by Crippen LogP contribution is -2.29. The van der Waals surface area contributed by atoms with Gasteiger partial charge in [0.05, 0.1) is 11.6 Å². The van der Waals surface area contributed by atoms with Crippen LogP contribution in [0.3, 0.4) is 0 Å². The van der Waals surface area contributed by atoms with E-state index in [0.717, 1.165) is 27.8 Å². The van der Waals surface area contributed by atoms with Crippen molar-refractivity contribution < 1.29 is 14.7 Å². The molecule has 0 spiro atoms. The van der Waals surface area contributed by atoms with Gasteiger partial charge in [-0.3, -0.25) is 14.6 Å². The van der Waals surface area contributed by atoms with Crippen LogP contribution < -0.4 is 0 Å². The first-order valence-corrected chi connectivity index (χ1v) is 10.2. The Morgan fingerprint density at radius 2 is 1.77 bits per heavy atom. The van der Waals surface area contributed by atoms with E-state index in [4.69, 9.17) is 0 Å². The van der Waals surface area contributed by atoms with E-state index >= 15 is 0 Å². The number of aromatic nitrogens is 1. The van der Waals surface area contributed by atoms with Crippen LogP contribution in [0.5, 0.6) is 0 Å². The fourth-order valence-electron chi connectivity index (χ4n) is 4.08. The monoisotopic (exact) mass is 412 g/mol. The molecule has 1 unspecified atom stereocenters. The van der Waals surface area contributed by atoms with Crippen molar-refractivity contribution in [2.24, 2.45) is 0 Å². The topological polar surface area (TPSA) is 70.5 Å². The Morgan fingerprint density at radius 3 is 2.48 bits per heavy atom. The van der Waals surface area contributed by atoms with Crippen LogP contribution in [0.2, 0.25) is 0 Å². The predicted molar refractivity (Wildman–Crippen MR) is 119 cm³/mol. The van der Waals surface area contributed by atoms with Gasteiger partial charge in [-0.05, 0) is 55.2 Å². The number of benzene rings is 2. The minimum absolute atomic E-state index is 0.122. The molecule has 1 atom stereocenters. The highest BCUT2D eigenvalue weighted by molar-refractivity contribution is 6.46. The van der Waals surface area contributed by atoms with Crippen LogP contribution in [0, 0.1) is 20.8 Å². The van der Waals surface area contributed by atoms with Crippen LogP contribution in [0.25, 0.3) is 5.76 Å². The van der Waals surface area contributed by atoms with Crippen molar-refractivity contribution in [2.45, 2.75) is 33.4 Å². The molecule has 1 aliphatic rings. The van der Waals surface area contributed by atoms with Crippen molar-refractivity contribution in [1.82, 2.24) is 9.88 Å². The second-order valence-electron chi connectivity index (χ2n) is 7.96. The van der Waals surface area contributed by atoms with Gasteiger partial charge < -0.3 is 10.0 Å². The lowest BCUT2D eigenvalue weighted by molar-refractivity contribution is -0.140. The van der Waals surface area contributed by atoms with Gasteiger partial charge in [-0.2, -0.15) is 0 Å². The standard InChI is InChI=1S/C26H24N2O3/c1-16-10-11-18(3)21(13-16)24(29)22-23(20-9-5-4-7-17(20)2)28(26(31)25(22)30)15-19-8-6-12-27-14-19/h4-14,23,29H,15H2,1-3H3/b24-22+. The van der Waals surface area contributed by atoms with Crippen LogP contribution in [-0.2, 0) is 16.1 Å². The van der Waals surface area contributed by atoms with E-state index in [2.05, 4.69) is 4.98 Å². The number of carbonyl (C=O) groups is 2. The molecule has 1 N–H and O–H groups in total. The molecule has 4 rings (SSSR count). The number of hydrogen-bond acceptors (Lipinski definition) is 4. The van der Waals surface area contributed by atoms with Crippen LogP contribution >= 0.6 is 0 Å². The van der Waals surface area contributed by atoms with Crippen molar-refractivity contribution in [2.75, 3.05) is 0 Å². The summed E-state index contributed by atoms with van der Waals surface area (Å²) in [6, 6.07) is 16.3. The van der Waals surface area contributed by atoms with E-state index in [1.165, 1.54) is 4.90 Å². The number of ketones is 1. The highest BCUT2D eigenvalue weighted by Crippen LogP contribution is 2.41. The molecule has 5 nitrogen and oxygen atoms in total. The molecule has 0 bridgehead atoms. The number of aliphatic hydroxyl groups excluding tert-OH is 1. The minimum Gasteiger partial charge on any atom is -0.507 e. The first kappa shape index (κ1) is 20.5. The lowest BCUT2D eigenvalue weighted by Gasteiger charge is -2.26. The van der Waals surface area contributed by atoms with E-state index in [1.807, 2.05) is 69.3 Å². The highest BCUT2D eigenvalue weighted by atomic mass is 16.3. The van der Waals surface area contributed by atoms with Crippen LogP contribution in [0.15, 0.2) is 72.6 Å². The van der Waals surface area contributed by atoms with E-state index in [1.54, 1.807) is 18.5 Å². The zero-order valence-electron chi connectivity index (χ0n) is 17.8. The molecule has 1 aromatic heterocycles. The summed E-state index contributed by atoms with van der Waals surface area (Å²) in [4.78, 5) is 32.0. The summed E-state index contributed by atoms with van der Waals surface area (Å²) in [5, 5.41) is 11.3. The molecule has 5 heteroatoms. The number of pyridine rings is 1. The fourth-order valence-corrected chi connectivity index (χ4v) is 4.08. The molecule has 2 aromatic carbocycles. The number of amides is 1. The van der Waals surface area contributed by atoms with Crippen molar-refractivity contribution in [3.05, 3.63) is 106 Å². The van der Waals surface area contributed by atoms with Crippen molar-refractivity contribution >= 4 is 17.4 Å². The van der Waals surface area contributed by atoms with Gasteiger partial charge in [0.15, 0.2) is 0 Å². The van der Waals surface area contributed by atoms with Gasteiger partial charge in [0.2, 0.25) is 0 Å². The number of carbonyl (C=O) groups excluding carboxylic acids is 2. The summed E-state index contributed by atoms with van der Waals surface area (Å²) in [5.41, 5.74) is 5.06. The molecule has 2 heterocycles. The van der Waals surface area contributed by atoms with E-state index in [0.29, 0.717) is 5.56 Å². The lowest BCUT2D eigenvalue weighted by atomic mass is 9.91. The van der Waals surface area contributed by atoms with Crippen molar-refractivity contribution in [3.63, 3.8) is 0 Å². The molecule has 156 valence electrons. The van der Waals surface area contributed by atoms with E-state index < -0.39 is 17.7 Å². The molecule has 0 aliphatic carbocycles. The van der Waals surface area contributed by atoms with E-state index in [-0.39, 0.29) is 17.9 Å². The molecule has 0 radical (unpaired) electrons. The third kappa shape index (κ3) is 3.75. The number of likely N-dealkylation sites (tertiary alicyclic amines) is 1. The van der Waals surface area contributed by atoms with Gasteiger partial charge in [-0.15, -0.1) is 0 Å². The van der Waals surface area contributed by atoms with Gasteiger partial charge in [0, 0.05) is 24.5 Å². The number of aryl methyl sites for hydroxylation is 3. The molecule has 1 saturated heterocycles. The number of hydrogen-bond donors (Lipinski definition) is 1. The third-order valence-corrected chi connectivity index (χ3v) is 5.75. The van der Waals surface area contributed by atoms with Crippen LogP contribution in [0.1, 0.15) is 39.4 Å². The second kappa shape index (κ2) is 8.19. The number of nitrogens with zero attached hydrogens (tertiary/aromatic N) is 2. The average molecular weight is 412 g/mol. The molecule has 1 aliphatic heterocycles. The number of rotatable bonds is 4. The Bertz CT molecular complexity index is 1200. The van der Waals surface area contributed by atoms with Gasteiger partial charge in [0.25, 0.3) is 11.7 Å². The summed E-state index contributed by atoms with van der Waals surface area (Å²) in [6.45, 7) is 5.97. The second-order valence-corrected chi connectivity index (χ2v) is 7.96. The number of Topliss-reactive ketones (excluding diaryl/α,β-unsaturated/α-hetero) is 1. The zero-order valence-corrected chi connectivity index (χ0v) is 17.8. The molecule has 0 saturated carbocycles. The Hall–Kier alpha value is -3.73. The quantitative estimate of drug-likeness (QED) is 0.385. The van der Waals surface area contributed by atoms with Crippen LogP contribution in [0.4, 0.5) is 0 Å². The zero-order chi connectivity index (χ0) is 22.1. The summed E-state index contributed by atoms with van der Waals surface area (Å²) in [6.07, 6.45) is 3.34. The summed E-state index contributed by atoms with van der Waals surface area (Å²) < 4.78 is 0. The van der Waals surface area contributed by atoms with Gasteiger partial charge in [-0.1, -0.05) is 48.0 Å². The SMILES string of the molecule is Cc1ccc(C)c(/C(O)=C2\C(=O)C(=O)N(Cc3cccnc3)C2c2ccccc2C)c1. The summed E-state index contributed by atoms with van der Waals surface area (Å²) in [7, 11) is 0. The molecular formula is C26H24N2O3. The molecule has 1 amide bonds. The third-order valence-electron chi connectivity index (χ3n) is 5.75. The minimum atomic E-state index is -0.679. The van der Waals surface area contributed by atoms with E-state index in [9.17, 15) is 14.7 Å². The maximum absolute atomic E-state index is 13.2. The molecule has 3 aromatic rings. The maximum atomic E-state index is 13.2. The highest BCUT2D eigenvalue weighted by Gasteiger charge is 2.46. The first-order valence-electron chi connectivity index (χ1n) is 10.2. The van der Waals surface area contributed by atoms with Crippen LogP contribution in [-0.4, -0.2) is 26.7 Å². The fraction of sp³-hybridized carbons (Fsp3) is 0.192. The molecule has 31 heavy (non-hydrogen) atoms. The molecule has 1 fully saturated rings. The van der Waals surface area contributed by atoms with Crippen molar-refractivity contribution in [3.8, 4) is 0 Å². The summed E-state index contributed by atoms with van der Waals surface area (Å²) in [5.74, 6) is -1.43. The Kier molecular flexibility index (Phi) is 5.42. The average Bonchev–Trinajstić information content (AvgIpc) is 3.01. The van der Waals surface area contributed by atoms with Gasteiger partial charge >= 0.3 is 0 Å². The largest absolute Gasteiger partial charge is 0.507 e. The summed E-state index contributed by atoms with van der Waals surface area (Å²) >= 11 is 0. The normalized spacial score (nSPS) is 17.9. The first-order chi connectivity index (χ1) is 14.9. The van der Waals surface area contributed by atoms with Crippen molar-refractivity contribution in [1.29, 1.82) is 0 Å². The maximum Gasteiger partial charge on any atom is 0.295 e. The Labute approximate surface area is 181 Å². The van der Waals surface area contributed by atoms with Gasteiger partial charge in [-0.25, -0.2) is 0 Å². The van der Waals surface area contributed by atoms with Gasteiger partial charge in [0.1, 0.15) is 5.76 Å². The Balaban J connectivity index is 1.92. The smallest absolute Gasteiger partial charge is 0.295 e. The molecular weight excluding hydrogens is 388 g/mol. The predicted octanol–water partition coefficient (Wildman–Crippen LogP) is 4.63. The Morgan fingerprint density at radius 1 is 1.00 bits per heavy atom.